The molecule has 1 unspecified atom stereocenters. The maximum absolute atomic E-state index is 12.6. The van der Waals surface area contributed by atoms with Crippen LogP contribution < -0.4 is 11.1 Å². The maximum atomic E-state index is 12.6. The van der Waals surface area contributed by atoms with Crippen molar-refractivity contribution in [3.05, 3.63) is 64.9 Å². The Hall–Kier alpha value is -2.38. The van der Waals surface area contributed by atoms with Crippen LogP contribution in [0.25, 0.3) is 0 Å². The average molecular weight is 431 g/mol. The number of rotatable bonds is 8. The van der Waals surface area contributed by atoms with Crippen molar-refractivity contribution in [3.8, 4) is 0 Å². The second kappa shape index (κ2) is 9.01. The molecule has 1 fully saturated rings. The molecule has 1 aromatic heterocycles. The number of pyridine rings is 1. The molecule has 1 atom stereocenters. The first-order chi connectivity index (χ1) is 14.8. The number of aryl methyl sites for hydroxylation is 1. The second-order valence-corrected chi connectivity index (χ2v) is 8.58. The summed E-state index contributed by atoms with van der Waals surface area (Å²) >= 11 is 0. The molecule has 1 aromatic carbocycles. The molecule has 0 amide bonds. The lowest BCUT2D eigenvalue weighted by atomic mass is 9.84. The molecule has 31 heavy (non-hydrogen) atoms. The van der Waals surface area contributed by atoms with Crippen LogP contribution in [-0.2, 0) is 12.8 Å². The third-order valence-corrected chi connectivity index (χ3v) is 6.23. The summed E-state index contributed by atoms with van der Waals surface area (Å²) in [5.74, 6) is 1.06. The molecule has 2 aromatic rings. The van der Waals surface area contributed by atoms with Gasteiger partial charge < -0.3 is 11.1 Å². The van der Waals surface area contributed by atoms with Crippen LogP contribution in [0.5, 0.6) is 0 Å². The van der Waals surface area contributed by atoms with Gasteiger partial charge in [-0.15, -0.1) is 0 Å². The first-order valence-electron chi connectivity index (χ1n) is 10.9. The normalized spacial score (nSPS) is 18.2. The van der Waals surface area contributed by atoms with Crippen molar-refractivity contribution in [3.63, 3.8) is 0 Å². The van der Waals surface area contributed by atoms with Crippen LogP contribution >= 0.6 is 0 Å². The first kappa shape index (κ1) is 21.8. The number of anilines is 2. The first-order valence-corrected chi connectivity index (χ1v) is 10.9. The van der Waals surface area contributed by atoms with Crippen LogP contribution in [0.15, 0.2) is 48.2 Å². The average Bonchev–Trinajstić information content (AvgIpc) is 2.65. The maximum Gasteiger partial charge on any atom is 0.393 e. The zero-order valence-corrected chi connectivity index (χ0v) is 17.8. The van der Waals surface area contributed by atoms with Gasteiger partial charge in [-0.1, -0.05) is 30.7 Å². The van der Waals surface area contributed by atoms with E-state index in [1.807, 2.05) is 6.07 Å². The Kier molecular flexibility index (Phi) is 6.34. The molecule has 4 rings (SSSR count). The standard InChI is InChI=1S/C24H29F3N4/c1-2-18-10-11-29-23(30-20-8-6-16(7-9-20)12-24(25,26)27)21(18)22(28)19-14-31(15-19)13-17-4-3-5-17/h4,6-11,19,22H,2-3,5,12-15,28H2,1H3,(H,29,30). The van der Waals surface area contributed by atoms with Gasteiger partial charge in [0.15, 0.2) is 0 Å². The number of benzene rings is 1. The minimum Gasteiger partial charge on any atom is -0.340 e. The lowest BCUT2D eigenvalue weighted by Gasteiger charge is -2.44. The third-order valence-electron chi connectivity index (χ3n) is 6.23. The van der Waals surface area contributed by atoms with E-state index in [9.17, 15) is 13.2 Å². The monoisotopic (exact) mass is 430 g/mol. The van der Waals surface area contributed by atoms with Crippen LogP contribution in [0.2, 0.25) is 0 Å². The van der Waals surface area contributed by atoms with Crippen molar-refractivity contribution in [1.29, 1.82) is 0 Å². The summed E-state index contributed by atoms with van der Waals surface area (Å²) in [5.41, 5.74) is 11.3. The smallest absolute Gasteiger partial charge is 0.340 e. The number of nitrogens with zero attached hydrogens (tertiary/aromatic N) is 2. The van der Waals surface area contributed by atoms with Crippen LogP contribution in [-0.4, -0.2) is 35.7 Å². The molecule has 4 nitrogen and oxygen atoms in total. The number of alkyl halides is 3. The lowest BCUT2D eigenvalue weighted by molar-refractivity contribution is -0.127. The Morgan fingerprint density at radius 2 is 1.90 bits per heavy atom. The van der Waals surface area contributed by atoms with Gasteiger partial charge in [-0.3, -0.25) is 4.90 Å². The number of hydrogen-bond donors (Lipinski definition) is 2. The van der Waals surface area contributed by atoms with E-state index >= 15 is 0 Å². The highest BCUT2D eigenvalue weighted by Gasteiger charge is 2.35. The van der Waals surface area contributed by atoms with Gasteiger partial charge in [-0.2, -0.15) is 13.2 Å². The number of nitrogens with two attached hydrogens (primary N) is 1. The highest BCUT2D eigenvalue weighted by molar-refractivity contribution is 5.62. The van der Waals surface area contributed by atoms with E-state index in [2.05, 4.69) is 28.2 Å². The van der Waals surface area contributed by atoms with Crippen molar-refractivity contribution < 1.29 is 13.2 Å². The number of allylic oxidation sites excluding steroid dienone is 1. The summed E-state index contributed by atoms with van der Waals surface area (Å²) in [6.45, 7) is 5.09. The minimum absolute atomic E-state index is 0.137. The summed E-state index contributed by atoms with van der Waals surface area (Å²) in [6, 6.07) is 8.18. The number of halogens is 3. The lowest BCUT2D eigenvalue weighted by Crippen LogP contribution is -2.52. The van der Waals surface area contributed by atoms with E-state index in [-0.39, 0.29) is 11.6 Å². The summed E-state index contributed by atoms with van der Waals surface area (Å²) in [4.78, 5) is 6.96. The number of hydrogen-bond acceptors (Lipinski definition) is 4. The van der Waals surface area contributed by atoms with Gasteiger partial charge in [0.05, 0.1) is 6.42 Å². The topological polar surface area (TPSA) is 54.2 Å². The molecule has 7 heteroatoms. The Morgan fingerprint density at radius 3 is 2.48 bits per heavy atom. The molecule has 1 aliphatic heterocycles. The molecular formula is C24H29F3N4. The van der Waals surface area contributed by atoms with Crippen molar-refractivity contribution in [2.24, 2.45) is 11.7 Å². The fourth-order valence-corrected chi connectivity index (χ4v) is 4.35. The SMILES string of the molecule is CCc1ccnc(Nc2ccc(CC(F)(F)F)cc2)c1C(N)C1CN(CC2=CCC2)C1. The Labute approximate surface area is 181 Å². The van der Waals surface area contributed by atoms with Crippen molar-refractivity contribution in [1.82, 2.24) is 9.88 Å². The van der Waals surface area contributed by atoms with Gasteiger partial charge in [0.1, 0.15) is 5.82 Å². The van der Waals surface area contributed by atoms with E-state index in [0.29, 0.717) is 17.4 Å². The predicted molar refractivity (Wildman–Crippen MR) is 117 cm³/mol. The highest BCUT2D eigenvalue weighted by atomic mass is 19.4. The van der Waals surface area contributed by atoms with E-state index in [0.717, 1.165) is 37.2 Å². The van der Waals surface area contributed by atoms with Gasteiger partial charge >= 0.3 is 6.18 Å². The van der Waals surface area contributed by atoms with Crippen LogP contribution in [0, 0.1) is 5.92 Å². The minimum atomic E-state index is -4.21. The zero-order chi connectivity index (χ0) is 22.0. The molecule has 3 N–H and O–H groups in total. The molecule has 2 heterocycles. The number of nitrogens with one attached hydrogen (secondary N) is 1. The second-order valence-electron chi connectivity index (χ2n) is 8.58. The zero-order valence-electron chi connectivity index (χ0n) is 17.8. The molecule has 1 aliphatic carbocycles. The third kappa shape index (κ3) is 5.28. The fourth-order valence-electron chi connectivity index (χ4n) is 4.35. The quantitative estimate of drug-likeness (QED) is 0.569. The van der Waals surface area contributed by atoms with Crippen LogP contribution in [0.1, 0.15) is 42.5 Å². The number of aromatic nitrogens is 1. The predicted octanol–water partition coefficient (Wildman–Crippen LogP) is 5.14. The molecule has 0 saturated carbocycles. The van der Waals surface area contributed by atoms with E-state index in [4.69, 9.17) is 5.73 Å². The molecule has 1 saturated heterocycles. The summed E-state index contributed by atoms with van der Waals surface area (Å²) in [6.07, 6.45) is 2.19. The Bertz CT molecular complexity index is 931. The van der Waals surface area contributed by atoms with Crippen LogP contribution in [0.3, 0.4) is 0 Å². The Balaban J connectivity index is 1.47. The van der Waals surface area contributed by atoms with Gasteiger partial charge in [-0.05, 0) is 48.6 Å². The van der Waals surface area contributed by atoms with Crippen LogP contribution in [0.4, 0.5) is 24.7 Å². The summed E-state index contributed by atoms with van der Waals surface area (Å²) in [7, 11) is 0. The number of likely N-dealkylation sites (tertiary alicyclic amines) is 1. The fraction of sp³-hybridized carbons (Fsp3) is 0.458. The molecular weight excluding hydrogens is 401 g/mol. The van der Waals surface area contributed by atoms with Crippen molar-refractivity contribution in [2.45, 2.75) is 44.8 Å². The van der Waals surface area contributed by atoms with Crippen molar-refractivity contribution >= 4 is 11.5 Å². The van der Waals surface area contributed by atoms with E-state index in [1.165, 1.54) is 30.5 Å². The molecule has 166 valence electrons. The summed E-state index contributed by atoms with van der Waals surface area (Å²) in [5, 5.41) is 3.29. The molecule has 0 spiro atoms. The van der Waals surface area contributed by atoms with Crippen molar-refractivity contribution in [2.75, 3.05) is 25.0 Å². The largest absolute Gasteiger partial charge is 0.393 e. The van der Waals surface area contributed by atoms with Gasteiger partial charge in [0.25, 0.3) is 0 Å². The molecule has 0 bridgehead atoms. The molecule has 0 radical (unpaired) electrons. The summed E-state index contributed by atoms with van der Waals surface area (Å²) < 4.78 is 37.8. The van der Waals surface area contributed by atoms with E-state index in [1.54, 1.807) is 18.3 Å². The van der Waals surface area contributed by atoms with Gasteiger partial charge in [-0.25, -0.2) is 4.98 Å². The highest BCUT2D eigenvalue weighted by Crippen LogP contribution is 2.36. The Morgan fingerprint density at radius 1 is 1.19 bits per heavy atom. The molecule has 2 aliphatic rings. The van der Waals surface area contributed by atoms with E-state index < -0.39 is 12.6 Å². The van der Waals surface area contributed by atoms with Gasteiger partial charge in [0.2, 0.25) is 0 Å². The van der Waals surface area contributed by atoms with Gasteiger partial charge in [0, 0.05) is 49.0 Å².